The number of nitrogens with zero attached hydrogens (tertiary/aromatic N) is 2. The second-order valence-electron chi connectivity index (χ2n) is 10.8. The van der Waals surface area contributed by atoms with E-state index < -0.39 is 95.4 Å². The topological polar surface area (TPSA) is 331 Å². The summed E-state index contributed by atoms with van der Waals surface area (Å²) in [6.07, 6.45) is -0.0693. The number of imide groups is 1. The van der Waals surface area contributed by atoms with Crippen molar-refractivity contribution in [1.29, 1.82) is 0 Å². The van der Waals surface area contributed by atoms with Crippen LogP contribution in [0.4, 0.5) is 0 Å². The molecule has 1 aliphatic heterocycles. The van der Waals surface area contributed by atoms with Crippen LogP contribution in [0.2, 0.25) is 0 Å². The van der Waals surface area contributed by atoms with Crippen molar-refractivity contribution < 1.29 is 58.1 Å². The molecule has 280 valence electrons. The van der Waals surface area contributed by atoms with Gasteiger partial charge in [-0.25, -0.2) is 4.79 Å². The molecular weight excluding hydrogens is 686 g/mol. The fourth-order valence-corrected chi connectivity index (χ4v) is 5.46. The fourth-order valence-electron chi connectivity index (χ4n) is 4.28. The number of nitrogens with two attached hydrogens (primary N) is 2. The van der Waals surface area contributed by atoms with E-state index in [-0.39, 0.29) is 45.0 Å². The van der Waals surface area contributed by atoms with Gasteiger partial charge in [-0.2, -0.15) is 0 Å². The summed E-state index contributed by atoms with van der Waals surface area (Å²) < 4.78 is 5.11. The molecule has 0 aromatic rings. The molecule has 1 fully saturated rings. The molecule has 1 saturated heterocycles. The van der Waals surface area contributed by atoms with Crippen molar-refractivity contribution in [1.82, 2.24) is 31.5 Å². The maximum Gasteiger partial charge on any atom is 0.327 e. The van der Waals surface area contributed by atoms with Crippen molar-refractivity contribution in [2.45, 2.75) is 69.3 Å². The van der Waals surface area contributed by atoms with Crippen LogP contribution in [0.15, 0.2) is 4.99 Å². The number of amides is 7. The molecule has 11 N–H and O–H groups in total. The molecule has 0 spiro atoms. The Bertz CT molecular complexity index is 1290. The quantitative estimate of drug-likeness (QED) is 0.0196. The fraction of sp³-hybridized carbons (Fsp3) is 0.643. The number of guanidine groups is 1. The molecule has 0 radical (unpaired) electrons. The van der Waals surface area contributed by atoms with E-state index in [0.717, 1.165) is 23.1 Å². The minimum absolute atomic E-state index is 0.0199. The first-order valence-corrected chi connectivity index (χ1v) is 16.5. The molecule has 1 unspecified atom stereocenters. The van der Waals surface area contributed by atoms with Gasteiger partial charge < -0.3 is 53.0 Å². The van der Waals surface area contributed by atoms with Crippen molar-refractivity contribution >= 4 is 71.0 Å². The van der Waals surface area contributed by atoms with Crippen LogP contribution in [0.3, 0.4) is 0 Å². The first kappa shape index (κ1) is 43.0. The van der Waals surface area contributed by atoms with Gasteiger partial charge >= 0.3 is 11.9 Å². The maximum absolute atomic E-state index is 12.9. The molecule has 1 rings (SSSR count). The second kappa shape index (κ2) is 22.6. The summed E-state index contributed by atoms with van der Waals surface area (Å²) >= 11 is 0.782. The zero-order chi connectivity index (χ0) is 37.8. The molecule has 0 aromatic heterocycles. The first-order valence-electron chi connectivity index (χ1n) is 15.5. The molecule has 4 atom stereocenters. The van der Waals surface area contributed by atoms with Gasteiger partial charge in [0.05, 0.1) is 18.2 Å². The normalized spacial score (nSPS) is 15.6. The van der Waals surface area contributed by atoms with Gasteiger partial charge in [0.2, 0.25) is 41.4 Å². The largest absolute Gasteiger partial charge is 0.481 e. The summed E-state index contributed by atoms with van der Waals surface area (Å²) in [4.78, 5) is 115. The number of nitrogens with one attached hydrogen (secondary N) is 5. The average molecular weight is 732 g/mol. The third-order valence-corrected chi connectivity index (χ3v) is 7.91. The SMILES string of the molecule is CCCOCC(=O)NCCN1C(=O)CC(SC[C@@H](NC(=O)[C@H](CC(=O)O)NC(=O)CNC(=O)[C@H](CCCN=C(N)N)NC(C)=O)C(=O)O)C1=O. The van der Waals surface area contributed by atoms with Gasteiger partial charge in [0, 0.05) is 45.3 Å². The van der Waals surface area contributed by atoms with Gasteiger partial charge in [-0.3, -0.25) is 48.2 Å². The first-order chi connectivity index (χ1) is 23.5. The van der Waals surface area contributed by atoms with Crippen molar-refractivity contribution in [2.24, 2.45) is 16.5 Å². The molecule has 0 aliphatic carbocycles. The molecule has 0 bridgehead atoms. The Morgan fingerprint density at radius 3 is 2.28 bits per heavy atom. The Hall–Kier alpha value is -4.99. The highest BCUT2D eigenvalue weighted by atomic mass is 32.2. The summed E-state index contributed by atoms with van der Waals surface area (Å²) in [6.45, 7) is 2.59. The zero-order valence-corrected chi connectivity index (χ0v) is 28.5. The van der Waals surface area contributed by atoms with E-state index in [1.54, 1.807) is 0 Å². The average Bonchev–Trinajstić information content (AvgIpc) is 3.29. The minimum atomic E-state index is -1.76. The van der Waals surface area contributed by atoms with Crippen LogP contribution in [0.1, 0.15) is 46.0 Å². The van der Waals surface area contributed by atoms with E-state index in [0.29, 0.717) is 13.0 Å². The highest BCUT2D eigenvalue weighted by molar-refractivity contribution is 8.00. The van der Waals surface area contributed by atoms with Crippen LogP contribution >= 0.6 is 11.8 Å². The number of aliphatic imine (C=N–C) groups is 1. The molecule has 1 aliphatic rings. The lowest BCUT2D eigenvalue weighted by molar-refractivity contribution is -0.143. The van der Waals surface area contributed by atoms with Crippen LogP contribution in [-0.2, 0) is 47.9 Å². The van der Waals surface area contributed by atoms with Crippen molar-refractivity contribution in [3.8, 4) is 0 Å². The van der Waals surface area contributed by atoms with Crippen LogP contribution in [-0.4, -0.2) is 143 Å². The van der Waals surface area contributed by atoms with E-state index in [1.165, 1.54) is 6.92 Å². The Labute approximate surface area is 291 Å². The number of hydrogen-bond donors (Lipinski definition) is 9. The van der Waals surface area contributed by atoms with E-state index in [2.05, 4.69) is 31.6 Å². The summed E-state index contributed by atoms with van der Waals surface area (Å²) in [7, 11) is 0. The molecule has 7 amide bonds. The Morgan fingerprint density at radius 1 is 0.980 bits per heavy atom. The molecule has 0 saturated carbocycles. The summed E-state index contributed by atoms with van der Waals surface area (Å²) in [6, 6.07) is -4.48. The number of ether oxygens (including phenoxy) is 1. The van der Waals surface area contributed by atoms with Gasteiger partial charge in [-0.1, -0.05) is 6.92 Å². The molecule has 50 heavy (non-hydrogen) atoms. The Kier molecular flexibility index (Phi) is 19.5. The van der Waals surface area contributed by atoms with E-state index >= 15 is 0 Å². The van der Waals surface area contributed by atoms with Gasteiger partial charge in [0.15, 0.2) is 5.96 Å². The number of aliphatic carboxylic acids is 2. The van der Waals surface area contributed by atoms with Crippen LogP contribution in [0, 0.1) is 0 Å². The number of carboxylic acids is 2. The summed E-state index contributed by atoms with van der Waals surface area (Å²) in [5.74, 6) is -8.65. The van der Waals surface area contributed by atoms with Crippen molar-refractivity contribution in [2.75, 3.05) is 45.1 Å². The van der Waals surface area contributed by atoms with Gasteiger partial charge in [-0.05, 0) is 19.3 Å². The van der Waals surface area contributed by atoms with E-state index in [1.807, 2.05) is 6.92 Å². The molecular formula is C28H45N9O12S. The lowest BCUT2D eigenvalue weighted by Crippen LogP contribution is -2.55. The predicted octanol–water partition coefficient (Wildman–Crippen LogP) is -4.41. The number of carboxylic acid groups (broad SMARTS) is 2. The molecule has 0 aromatic carbocycles. The molecule has 22 heteroatoms. The Balaban J connectivity index is 2.74. The summed E-state index contributed by atoms with van der Waals surface area (Å²) in [5.41, 5.74) is 10.5. The zero-order valence-electron chi connectivity index (χ0n) is 27.7. The maximum atomic E-state index is 12.9. The second-order valence-corrected chi connectivity index (χ2v) is 12.1. The Morgan fingerprint density at radius 2 is 1.68 bits per heavy atom. The number of likely N-dealkylation sites (tertiary alicyclic amines) is 1. The highest BCUT2D eigenvalue weighted by Crippen LogP contribution is 2.25. The standard InChI is InChI=1S/C28H45N9O12S/c1-3-9-49-13-21(40)31-7-8-37-22(41)11-19(26(37)46)50-14-18(27(47)48)36-25(45)17(10-23(42)43)35-20(39)12-33-24(44)16(34-15(2)38)5-4-6-32-28(29)30/h16-19H,3-14H2,1-2H3,(H,31,40)(H,33,44)(H,34,38)(H,35,39)(H,36,45)(H,42,43)(H,47,48)(H4,29,30,32)/t16-,17-,18+,19?/m0/s1. The van der Waals surface area contributed by atoms with E-state index in [9.17, 15) is 53.4 Å². The lowest BCUT2D eigenvalue weighted by Gasteiger charge is -2.21. The van der Waals surface area contributed by atoms with Gasteiger partial charge in [0.1, 0.15) is 24.7 Å². The highest BCUT2D eigenvalue weighted by Gasteiger charge is 2.39. The monoisotopic (exact) mass is 731 g/mol. The lowest BCUT2D eigenvalue weighted by atomic mass is 10.1. The van der Waals surface area contributed by atoms with Crippen molar-refractivity contribution in [3.05, 3.63) is 0 Å². The van der Waals surface area contributed by atoms with Gasteiger partial charge in [0.25, 0.3) is 0 Å². The molecule has 21 nitrogen and oxygen atoms in total. The number of hydrogen-bond acceptors (Lipinski definition) is 12. The van der Waals surface area contributed by atoms with Crippen molar-refractivity contribution in [3.63, 3.8) is 0 Å². The molecule has 1 heterocycles. The van der Waals surface area contributed by atoms with E-state index in [4.69, 9.17) is 16.2 Å². The third kappa shape index (κ3) is 16.9. The number of thioether (sulfide) groups is 1. The number of rotatable bonds is 24. The number of carbonyl (C=O) groups is 9. The van der Waals surface area contributed by atoms with Crippen LogP contribution in [0.25, 0.3) is 0 Å². The minimum Gasteiger partial charge on any atom is -0.481 e. The predicted molar refractivity (Wildman–Crippen MR) is 176 cm³/mol. The van der Waals surface area contributed by atoms with Crippen LogP contribution in [0.5, 0.6) is 0 Å². The van der Waals surface area contributed by atoms with Crippen LogP contribution < -0.4 is 38.1 Å². The third-order valence-electron chi connectivity index (χ3n) is 6.61. The van der Waals surface area contributed by atoms with Gasteiger partial charge in [-0.15, -0.1) is 11.8 Å². The summed E-state index contributed by atoms with van der Waals surface area (Å²) in [5, 5.41) is 29.4. The number of carbonyl (C=O) groups excluding carboxylic acids is 7. The smallest absolute Gasteiger partial charge is 0.327 e.